The minimum absolute atomic E-state index is 0. The Kier molecular flexibility index (Phi) is 6.51. The fraction of sp³-hybridized carbons (Fsp3) is 0.222. The molecule has 0 atom stereocenters. The Labute approximate surface area is 105 Å². The minimum atomic E-state index is -0.229. The number of halogens is 1. The average Bonchev–Trinajstić information content (AvgIpc) is 2.05. The molecule has 0 bridgehead atoms. The molecule has 0 saturated carbocycles. The Hall–Kier alpha value is 0.0434. The van der Waals surface area contributed by atoms with Gasteiger partial charge in [0.15, 0.2) is 0 Å². The first-order chi connectivity index (χ1) is 5.74. The summed E-state index contributed by atoms with van der Waals surface area (Å²) in [6, 6.07) is 7.53. The molecule has 1 rings (SSSR count). The van der Waals surface area contributed by atoms with Crippen molar-refractivity contribution >= 4 is 34.1 Å². The van der Waals surface area contributed by atoms with E-state index in [4.69, 9.17) is 4.74 Å². The molecule has 4 heteroatoms. The Bertz CT molecular complexity index is 289. The van der Waals surface area contributed by atoms with Gasteiger partial charge in [-0.1, -0.05) is 0 Å². The summed E-state index contributed by atoms with van der Waals surface area (Å²) in [4.78, 5) is 11.2. The van der Waals surface area contributed by atoms with Crippen LogP contribution in [0.25, 0.3) is 0 Å². The fourth-order valence-corrected chi connectivity index (χ4v) is 1.66. The molecular weight excluding hydrogens is 332 g/mol. The largest absolute Gasteiger partial charge is 0.107 e. The van der Waals surface area contributed by atoms with Gasteiger partial charge in [-0.15, -0.1) is 24.0 Å². The Balaban J connectivity index is 0.00000144. The van der Waals surface area contributed by atoms with E-state index in [0.29, 0.717) is 12.2 Å². The van der Waals surface area contributed by atoms with Crippen LogP contribution in [0.3, 0.4) is 0 Å². The average molecular weight is 342 g/mol. The molecule has 0 unspecified atom stereocenters. The van der Waals surface area contributed by atoms with Crippen molar-refractivity contribution in [3.8, 4) is 0 Å². The second-order valence-corrected chi connectivity index (χ2v) is 4.13. The van der Waals surface area contributed by atoms with Crippen LogP contribution >= 0.6 is 24.0 Å². The second-order valence-electron chi connectivity index (χ2n) is 2.42. The summed E-state index contributed by atoms with van der Waals surface area (Å²) in [5.41, 5.74) is 0.653. The third kappa shape index (κ3) is 4.18. The van der Waals surface area contributed by atoms with E-state index in [1.54, 1.807) is 6.07 Å². The molecule has 0 aliphatic rings. The topological polar surface area (TPSA) is 26.3 Å². The van der Waals surface area contributed by atoms with Crippen molar-refractivity contribution in [3.63, 3.8) is 0 Å². The molecule has 1 aromatic rings. The standard InChI is InChI=1S/C9H9O2.HI.Zn/c1-2-11-9(10)8-6-4-3-5-7-8;;/h3-4,6-7H,2H2,1H3;1H;. The van der Waals surface area contributed by atoms with E-state index in [2.05, 4.69) is 0 Å². The molecule has 0 aromatic heterocycles. The van der Waals surface area contributed by atoms with Crippen LogP contribution in [0.15, 0.2) is 24.3 Å². The van der Waals surface area contributed by atoms with Crippen molar-refractivity contribution in [2.75, 3.05) is 6.61 Å². The molecule has 0 spiro atoms. The zero-order valence-corrected chi connectivity index (χ0v) is 12.7. The maximum Gasteiger partial charge on any atom is -0.107 e. The Morgan fingerprint density at radius 1 is 1.54 bits per heavy atom. The van der Waals surface area contributed by atoms with Crippen LogP contribution < -0.4 is 4.16 Å². The number of carbonyl (C=O) groups is 1. The van der Waals surface area contributed by atoms with Crippen molar-refractivity contribution in [2.45, 2.75) is 6.92 Å². The quantitative estimate of drug-likeness (QED) is 0.464. The molecule has 0 aliphatic heterocycles. The van der Waals surface area contributed by atoms with Gasteiger partial charge in [-0.05, 0) is 0 Å². The van der Waals surface area contributed by atoms with E-state index >= 15 is 0 Å². The van der Waals surface area contributed by atoms with Gasteiger partial charge in [0.2, 0.25) is 0 Å². The van der Waals surface area contributed by atoms with Gasteiger partial charge in [-0.25, -0.2) is 0 Å². The van der Waals surface area contributed by atoms with E-state index in [1.807, 2.05) is 25.1 Å². The van der Waals surface area contributed by atoms with Crippen molar-refractivity contribution in [1.29, 1.82) is 0 Å². The molecule has 0 fully saturated rings. The van der Waals surface area contributed by atoms with Crippen molar-refractivity contribution in [1.82, 2.24) is 0 Å². The molecule has 0 heterocycles. The monoisotopic (exact) mass is 341 g/mol. The summed E-state index contributed by atoms with van der Waals surface area (Å²) < 4.78 is 6.05. The van der Waals surface area contributed by atoms with E-state index in [-0.39, 0.29) is 29.9 Å². The summed E-state index contributed by atoms with van der Waals surface area (Å²) in [6.45, 7) is 2.24. The Morgan fingerprint density at radius 3 is 2.77 bits per heavy atom. The van der Waals surface area contributed by atoms with E-state index in [1.165, 1.54) is 4.16 Å². The molecule has 13 heavy (non-hydrogen) atoms. The molecule has 0 amide bonds. The molecule has 0 saturated heterocycles. The third-order valence-electron chi connectivity index (χ3n) is 1.44. The van der Waals surface area contributed by atoms with Gasteiger partial charge >= 0.3 is 81.3 Å². The fourth-order valence-electron chi connectivity index (χ4n) is 0.913. The van der Waals surface area contributed by atoms with Crippen LogP contribution in [-0.2, 0) is 23.0 Å². The van der Waals surface area contributed by atoms with Crippen molar-refractivity contribution in [3.05, 3.63) is 29.8 Å². The first-order valence-electron chi connectivity index (χ1n) is 3.83. The third-order valence-corrected chi connectivity index (χ3v) is 2.36. The number of ether oxygens (including phenoxy) is 1. The minimum Gasteiger partial charge on any atom is -0.107 e. The van der Waals surface area contributed by atoms with Crippen LogP contribution in [0, 0.1) is 0 Å². The molecular formula is C9H10IO2Zn. The van der Waals surface area contributed by atoms with Crippen LogP contribution in [0.2, 0.25) is 0 Å². The van der Waals surface area contributed by atoms with Crippen LogP contribution in [0.1, 0.15) is 17.3 Å². The normalized spacial score (nSPS) is 8.85. The number of esters is 1. The summed E-state index contributed by atoms with van der Waals surface area (Å²) in [6.07, 6.45) is 0. The van der Waals surface area contributed by atoms with Crippen molar-refractivity contribution in [2.24, 2.45) is 0 Å². The number of benzene rings is 1. The van der Waals surface area contributed by atoms with E-state index in [9.17, 15) is 4.79 Å². The summed E-state index contributed by atoms with van der Waals surface area (Å²) >= 11 is 1.06. The van der Waals surface area contributed by atoms with Crippen LogP contribution in [-0.4, -0.2) is 12.6 Å². The van der Waals surface area contributed by atoms with Gasteiger partial charge in [-0.3, -0.25) is 0 Å². The van der Waals surface area contributed by atoms with Gasteiger partial charge in [-0.2, -0.15) is 0 Å². The predicted octanol–water partition coefficient (Wildman–Crippen LogP) is 1.65. The van der Waals surface area contributed by atoms with Gasteiger partial charge in [0.25, 0.3) is 0 Å². The van der Waals surface area contributed by atoms with Crippen LogP contribution in [0.5, 0.6) is 0 Å². The first-order valence-corrected chi connectivity index (χ1v) is 5.31. The summed E-state index contributed by atoms with van der Waals surface area (Å²) in [5, 5.41) is 0. The number of carbonyl (C=O) groups excluding carboxylic acids is 1. The first kappa shape index (κ1) is 13.0. The predicted molar refractivity (Wildman–Crippen MR) is 57.4 cm³/mol. The summed E-state index contributed by atoms with van der Waals surface area (Å²) in [7, 11) is 0. The van der Waals surface area contributed by atoms with Gasteiger partial charge in [0.1, 0.15) is 0 Å². The smallest absolute Gasteiger partial charge is 0.107 e. The SMILES string of the molecule is CCOC(=O)c1ccc[c]([Zn])c1.I. The molecule has 2 nitrogen and oxygen atoms in total. The number of hydrogen-bond donors (Lipinski definition) is 0. The maximum atomic E-state index is 11.2. The van der Waals surface area contributed by atoms with Gasteiger partial charge in [0, 0.05) is 0 Å². The van der Waals surface area contributed by atoms with E-state index in [0.717, 1.165) is 18.3 Å². The number of rotatable bonds is 2. The summed E-state index contributed by atoms with van der Waals surface area (Å²) in [5.74, 6) is -0.229. The second kappa shape index (κ2) is 6.49. The molecule has 1 aromatic carbocycles. The molecule has 0 radical (unpaired) electrons. The Morgan fingerprint density at radius 2 is 2.23 bits per heavy atom. The zero-order chi connectivity index (χ0) is 8.97. The van der Waals surface area contributed by atoms with Crippen molar-refractivity contribution < 1.29 is 27.8 Å². The zero-order valence-electron chi connectivity index (χ0n) is 7.45. The van der Waals surface area contributed by atoms with Gasteiger partial charge in [0.05, 0.1) is 0 Å². The maximum absolute atomic E-state index is 11.2. The van der Waals surface area contributed by atoms with Crippen LogP contribution in [0.4, 0.5) is 0 Å². The molecule has 0 aliphatic carbocycles. The van der Waals surface area contributed by atoms with Gasteiger partial charge < -0.3 is 0 Å². The number of hydrogen-bond acceptors (Lipinski definition) is 2. The molecule has 0 N–H and O–H groups in total. The molecule has 67 valence electrons. The van der Waals surface area contributed by atoms with E-state index < -0.39 is 0 Å².